The summed E-state index contributed by atoms with van der Waals surface area (Å²) in [4.78, 5) is 4.36. The maximum atomic E-state index is 10.1. The summed E-state index contributed by atoms with van der Waals surface area (Å²) < 4.78 is 0. The SMILES string of the molecule is CCc1ccc(CC(O)Cc2ccccc2Cl)nc1. The van der Waals surface area contributed by atoms with Crippen molar-refractivity contribution >= 4 is 11.6 Å². The van der Waals surface area contributed by atoms with Gasteiger partial charge in [0.15, 0.2) is 0 Å². The fraction of sp³-hybridized carbons (Fsp3) is 0.312. The maximum absolute atomic E-state index is 10.1. The Balaban J connectivity index is 1.97. The van der Waals surface area contributed by atoms with Crippen LogP contribution in [0.4, 0.5) is 0 Å². The van der Waals surface area contributed by atoms with Crippen LogP contribution in [-0.2, 0) is 19.3 Å². The Hall–Kier alpha value is -1.38. The van der Waals surface area contributed by atoms with Gasteiger partial charge in [-0.15, -0.1) is 0 Å². The molecule has 0 radical (unpaired) electrons. The minimum Gasteiger partial charge on any atom is -0.392 e. The Kier molecular flexibility index (Phi) is 4.94. The molecule has 1 aromatic heterocycles. The molecular formula is C16H18ClNO. The number of aryl methyl sites for hydroxylation is 1. The van der Waals surface area contributed by atoms with Crippen molar-refractivity contribution in [2.24, 2.45) is 0 Å². The molecule has 0 amide bonds. The highest BCUT2D eigenvalue weighted by atomic mass is 35.5. The first-order chi connectivity index (χ1) is 9.19. The molecule has 0 aliphatic rings. The predicted octanol–water partition coefficient (Wildman–Crippen LogP) is 3.44. The number of rotatable bonds is 5. The molecule has 0 aliphatic heterocycles. The highest BCUT2D eigenvalue weighted by molar-refractivity contribution is 6.31. The van der Waals surface area contributed by atoms with Crippen LogP contribution < -0.4 is 0 Å². The summed E-state index contributed by atoms with van der Waals surface area (Å²) in [6.45, 7) is 2.10. The molecule has 0 saturated carbocycles. The van der Waals surface area contributed by atoms with E-state index in [1.165, 1.54) is 5.56 Å². The van der Waals surface area contributed by atoms with Crippen LogP contribution in [0.5, 0.6) is 0 Å². The Labute approximate surface area is 119 Å². The monoisotopic (exact) mass is 275 g/mol. The fourth-order valence-electron chi connectivity index (χ4n) is 2.02. The molecule has 0 bridgehead atoms. The van der Waals surface area contributed by atoms with Crippen molar-refractivity contribution < 1.29 is 5.11 Å². The Morgan fingerprint density at radius 3 is 2.58 bits per heavy atom. The van der Waals surface area contributed by atoms with E-state index in [0.717, 1.165) is 17.7 Å². The molecule has 1 heterocycles. The summed E-state index contributed by atoms with van der Waals surface area (Å²) in [6.07, 6.45) is 3.50. The molecular weight excluding hydrogens is 258 g/mol. The zero-order valence-electron chi connectivity index (χ0n) is 11.0. The minimum absolute atomic E-state index is 0.458. The zero-order chi connectivity index (χ0) is 13.7. The number of nitrogens with zero attached hydrogens (tertiary/aromatic N) is 1. The molecule has 0 saturated heterocycles. The second kappa shape index (κ2) is 6.69. The van der Waals surface area contributed by atoms with E-state index in [9.17, 15) is 5.11 Å². The predicted molar refractivity (Wildman–Crippen MR) is 78.5 cm³/mol. The summed E-state index contributed by atoms with van der Waals surface area (Å²) in [7, 11) is 0. The number of aromatic nitrogens is 1. The largest absolute Gasteiger partial charge is 0.392 e. The van der Waals surface area contributed by atoms with Crippen molar-refractivity contribution in [2.45, 2.75) is 32.3 Å². The van der Waals surface area contributed by atoms with Gasteiger partial charge in [-0.25, -0.2) is 0 Å². The molecule has 19 heavy (non-hydrogen) atoms. The van der Waals surface area contributed by atoms with Crippen molar-refractivity contribution in [1.29, 1.82) is 0 Å². The summed E-state index contributed by atoms with van der Waals surface area (Å²) >= 11 is 6.08. The van der Waals surface area contributed by atoms with Gasteiger partial charge in [-0.2, -0.15) is 0 Å². The van der Waals surface area contributed by atoms with E-state index in [0.29, 0.717) is 17.9 Å². The lowest BCUT2D eigenvalue weighted by Crippen LogP contribution is -2.15. The number of hydrogen-bond acceptors (Lipinski definition) is 2. The Bertz CT molecular complexity index is 525. The Morgan fingerprint density at radius 2 is 1.95 bits per heavy atom. The van der Waals surface area contributed by atoms with Crippen molar-refractivity contribution in [1.82, 2.24) is 4.98 Å². The highest BCUT2D eigenvalue weighted by Gasteiger charge is 2.10. The number of pyridine rings is 1. The first kappa shape index (κ1) is 14.0. The third-order valence-electron chi connectivity index (χ3n) is 3.15. The van der Waals surface area contributed by atoms with Gasteiger partial charge in [0.1, 0.15) is 0 Å². The van der Waals surface area contributed by atoms with E-state index in [4.69, 9.17) is 11.6 Å². The van der Waals surface area contributed by atoms with Gasteiger partial charge in [-0.1, -0.05) is 42.8 Å². The molecule has 2 rings (SSSR count). The number of benzene rings is 1. The summed E-state index contributed by atoms with van der Waals surface area (Å²) in [5.41, 5.74) is 3.10. The lowest BCUT2D eigenvalue weighted by Gasteiger charge is -2.11. The van der Waals surface area contributed by atoms with Gasteiger partial charge in [0, 0.05) is 29.8 Å². The molecule has 0 fully saturated rings. The first-order valence-corrected chi connectivity index (χ1v) is 6.92. The molecule has 1 unspecified atom stereocenters. The van der Waals surface area contributed by atoms with Crippen LogP contribution in [0, 0.1) is 0 Å². The van der Waals surface area contributed by atoms with E-state index in [1.807, 2.05) is 36.5 Å². The van der Waals surface area contributed by atoms with E-state index in [1.54, 1.807) is 0 Å². The van der Waals surface area contributed by atoms with Gasteiger partial charge >= 0.3 is 0 Å². The lowest BCUT2D eigenvalue weighted by atomic mass is 10.0. The normalized spacial score (nSPS) is 12.4. The van der Waals surface area contributed by atoms with Crippen molar-refractivity contribution in [3.63, 3.8) is 0 Å². The average molecular weight is 276 g/mol. The third-order valence-corrected chi connectivity index (χ3v) is 3.52. The standard InChI is InChI=1S/C16H18ClNO/c1-2-12-7-8-14(18-11-12)10-15(19)9-13-5-3-4-6-16(13)17/h3-8,11,15,19H,2,9-10H2,1H3. The van der Waals surface area contributed by atoms with Gasteiger partial charge in [0.25, 0.3) is 0 Å². The molecule has 1 N–H and O–H groups in total. The van der Waals surface area contributed by atoms with Crippen LogP contribution >= 0.6 is 11.6 Å². The average Bonchev–Trinajstić information content (AvgIpc) is 2.42. The quantitative estimate of drug-likeness (QED) is 0.907. The van der Waals surface area contributed by atoms with Gasteiger partial charge in [0.05, 0.1) is 6.10 Å². The molecule has 2 nitrogen and oxygen atoms in total. The van der Waals surface area contributed by atoms with Crippen LogP contribution in [0.2, 0.25) is 5.02 Å². The molecule has 1 aromatic carbocycles. The van der Waals surface area contributed by atoms with E-state index >= 15 is 0 Å². The van der Waals surface area contributed by atoms with Gasteiger partial charge in [-0.05, 0) is 29.7 Å². The second-order valence-corrected chi connectivity index (χ2v) is 5.07. The highest BCUT2D eigenvalue weighted by Crippen LogP contribution is 2.17. The molecule has 3 heteroatoms. The molecule has 2 aromatic rings. The summed E-state index contributed by atoms with van der Waals surface area (Å²) in [6, 6.07) is 11.7. The topological polar surface area (TPSA) is 33.1 Å². The number of aliphatic hydroxyl groups excluding tert-OH is 1. The van der Waals surface area contributed by atoms with Gasteiger partial charge in [0.2, 0.25) is 0 Å². The summed E-state index contributed by atoms with van der Waals surface area (Å²) in [5, 5.41) is 10.8. The van der Waals surface area contributed by atoms with Gasteiger partial charge < -0.3 is 5.11 Å². The molecule has 1 atom stereocenters. The van der Waals surface area contributed by atoms with Crippen LogP contribution in [-0.4, -0.2) is 16.2 Å². The third kappa shape index (κ3) is 4.05. The van der Waals surface area contributed by atoms with Gasteiger partial charge in [-0.3, -0.25) is 4.98 Å². The zero-order valence-corrected chi connectivity index (χ0v) is 11.8. The molecule has 100 valence electrons. The second-order valence-electron chi connectivity index (χ2n) is 4.66. The van der Waals surface area contributed by atoms with E-state index in [-0.39, 0.29) is 0 Å². The fourth-order valence-corrected chi connectivity index (χ4v) is 2.23. The first-order valence-electron chi connectivity index (χ1n) is 6.54. The van der Waals surface area contributed by atoms with E-state index < -0.39 is 6.10 Å². The van der Waals surface area contributed by atoms with Crippen LogP contribution in [0.3, 0.4) is 0 Å². The van der Waals surface area contributed by atoms with E-state index in [2.05, 4.69) is 18.0 Å². The van der Waals surface area contributed by atoms with Crippen molar-refractivity contribution in [2.75, 3.05) is 0 Å². The van der Waals surface area contributed by atoms with Crippen molar-refractivity contribution in [3.05, 3.63) is 64.4 Å². The summed E-state index contributed by atoms with van der Waals surface area (Å²) in [5.74, 6) is 0. The number of aliphatic hydroxyl groups is 1. The van der Waals surface area contributed by atoms with Crippen LogP contribution in [0.15, 0.2) is 42.6 Å². The van der Waals surface area contributed by atoms with Crippen LogP contribution in [0.1, 0.15) is 23.7 Å². The lowest BCUT2D eigenvalue weighted by molar-refractivity contribution is 0.174. The molecule has 0 spiro atoms. The van der Waals surface area contributed by atoms with Crippen molar-refractivity contribution in [3.8, 4) is 0 Å². The number of halogens is 1. The Morgan fingerprint density at radius 1 is 1.16 bits per heavy atom. The maximum Gasteiger partial charge on any atom is 0.0636 e. The smallest absolute Gasteiger partial charge is 0.0636 e. The van der Waals surface area contributed by atoms with Crippen LogP contribution in [0.25, 0.3) is 0 Å². The minimum atomic E-state index is -0.458. The molecule has 0 aliphatic carbocycles. The number of hydrogen-bond donors (Lipinski definition) is 1.